The number of alkyl halides is 3. The second-order valence-corrected chi connectivity index (χ2v) is 8.06. The van der Waals surface area contributed by atoms with E-state index in [1.165, 1.54) is 4.40 Å². The van der Waals surface area contributed by atoms with Gasteiger partial charge in [-0.2, -0.15) is 13.2 Å². The predicted octanol–water partition coefficient (Wildman–Crippen LogP) is 4.38. The third-order valence-corrected chi connectivity index (χ3v) is 5.92. The SMILES string of the molecule is O=C(NC1CCC(Nc2cccc3nc(C(F)(F)F)cn23)CC1)c1cncc2[nH]ccc12. The molecule has 10 heteroatoms. The molecule has 32 heavy (non-hydrogen) atoms. The maximum absolute atomic E-state index is 13.0. The number of fused-ring (bicyclic) bond motifs is 2. The molecule has 3 N–H and O–H groups in total. The van der Waals surface area contributed by atoms with Gasteiger partial charge in [0.05, 0.1) is 17.3 Å². The molecule has 4 aromatic rings. The molecule has 0 saturated heterocycles. The lowest BCUT2D eigenvalue weighted by atomic mass is 9.91. The molecule has 166 valence electrons. The summed E-state index contributed by atoms with van der Waals surface area (Å²) in [5.74, 6) is 0.421. The number of imidazole rings is 1. The first-order chi connectivity index (χ1) is 15.4. The van der Waals surface area contributed by atoms with Crippen LogP contribution < -0.4 is 10.6 Å². The smallest absolute Gasteiger partial charge is 0.368 e. The van der Waals surface area contributed by atoms with E-state index in [9.17, 15) is 18.0 Å². The number of anilines is 1. The Labute approximate surface area is 181 Å². The molecule has 1 aliphatic rings. The lowest BCUT2D eigenvalue weighted by Crippen LogP contribution is -2.40. The summed E-state index contributed by atoms with van der Waals surface area (Å²) in [6, 6.07) is 6.97. The van der Waals surface area contributed by atoms with Gasteiger partial charge in [-0.05, 0) is 43.9 Å². The number of nitrogens with one attached hydrogen (secondary N) is 3. The van der Waals surface area contributed by atoms with E-state index in [1.807, 2.05) is 6.07 Å². The zero-order chi connectivity index (χ0) is 22.3. The van der Waals surface area contributed by atoms with Gasteiger partial charge in [0.2, 0.25) is 0 Å². The molecule has 7 nitrogen and oxygen atoms in total. The average Bonchev–Trinajstić information content (AvgIpc) is 3.42. The van der Waals surface area contributed by atoms with Crippen LogP contribution in [0.2, 0.25) is 0 Å². The Bertz CT molecular complexity index is 1270. The van der Waals surface area contributed by atoms with Crippen molar-refractivity contribution in [1.29, 1.82) is 0 Å². The highest BCUT2D eigenvalue weighted by molar-refractivity contribution is 6.05. The zero-order valence-electron chi connectivity index (χ0n) is 17.0. The number of hydrogen-bond acceptors (Lipinski definition) is 4. The number of hydrogen-bond donors (Lipinski definition) is 3. The number of carbonyl (C=O) groups is 1. The van der Waals surface area contributed by atoms with Gasteiger partial charge in [0.1, 0.15) is 11.5 Å². The van der Waals surface area contributed by atoms with E-state index in [1.54, 1.807) is 36.8 Å². The Balaban J connectivity index is 1.22. The first-order valence-corrected chi connectivity index (χ1v) is 10.4. The predicted molar refractivity (Wildman–Crippen MR) is 113 cm³/mol. The highest BCUT2D eigenvalue weighted by atomic mass is 19.4. The van der Waals surface area contributed by atoms with E-state index in [4.69, 9.17) is 0 Å². The van der Waals surface area contributed by atoms with Crippen LogP contribution in [0.15, 0.2) is 49.1 Å². The molecule has 4 heterocycles. The van der Waals surface area contributed by atoms with Crippen LogP contribution >= 0.6 is 0 Å². The fourth-order valence-corrected chi connectivity index (χ4v) is 4.28. The molecular weight excluding hydrogens is 421 g/mol. The molecule has 1 saturated carbocycles. The van der Waals surface area contributed by atoms with Gasteiger partial charge in [0.25, 0.3) is 5.91 Å². The molecule has 0 aliphatic heterocycles. The number of aromatic amines is 1. The van der Waals surface area contributed by atoms with Crippen molar-refractivity contribution >= 4 is 28.3 Å². The first-order valence-electron chi connectivity index (χ1n) is 10.4. The Morgan fingerprint density at radius 2 is 1.88 bits per heavy atom. The summed E-state index contributed by atoms with van der Waals surface area (Å²) in [6.07, 6.45) is 4.67. The quantitative estimate of drug-likeness (QED) is 0.438. The summed E-state index contributed by atoms with van der Waals surface area (Å²) in [4.78, 5) is 23.6. The molecule has 0 aromatic carbocycles. The Morgan fingerprint density at radius 3 is 2.66 bits per heavy atom. The molecule has 4 aromatic heterocycles. The second kappa shape index (κ2) is 7.85. The number of carbonyl (C=O) groups excluding carboxylic acids is 1. The molecule has 0 atom stereocenters. The molecule has 0 radical (unpaired) electrons. The van der Waals surface area contributed by atoms with Crippen molar-refractivity contribution in [3.05, 3.63) is 60.3 Å². The number of pyridine rings is 2. The highest BCUT2D eigenvalue weighted by Gasteiger charge is 2.34. The monoisotopic (exact) mass is 442 g/mol. The molecule has 1 fully saturated rings. The summed E-state index contributed by atoms with van der Waals surface area (Å²) < 4.78 is 40.5. The van der Waals surface area contributed by atoms with Gasteiger partial charge in [0, 0.05) is 36.1 Å². The fourth-order valence-electron chi connectivity index (χ4n) is 4.28. The number of rotatable bonds is 4. The number of aromatic nitrogens is 4. The molecule has 0 bridgehead atoms. The van der Waals surface area contributed by atoms with Crippen molar-refractivity contribution < 1.29 is 18.0 Å². The average molecular weight is 442 g/mol. The van der Waals surface area contributed by atoms with Crippen molar-refractivity contribution in [2.75, 3.05) is 5.32 Å². The van der Waals surface area contributed by atoms with E-state index in [2.05, 4.69) is 25.6 Å². The number of amides is 1. The van der Waals surface area contributed by atoms with Crippen molar-refractivity contribution in [2.24, 2.45) is 0 Å². The third-order valence-electron chi connectivity index (χ3n) is 5.92. The second-order valence-electron chi connectivity index (χ2n) is 8.06. The lowest BCUT2D eigenvalue weighted by molar-refractivity contribution is -0.140. The van der Waals surface area contributed by atoms with Crippen molar-refractivity contribution in [3.8, 4) is 0 Å². The van der Waals surface area contributed by atoms with Crippen molar-refractivity contribution in [1.82, 2.24) is 24.7 Å². The molecule has 1 aliphatic carbocycles. The van der Waals surface area contributed by atoms with Crippen molar-refractivity contribution in [2.45, 2.75) is 43.9 Å². The number of nitrogens with zero attached hydrogens (tertiary/aromatic N) is 3. The van der Waals surface area contributed by atoms with Gasteiger partial charge in [-0.1, -0.05) is 6.07 Å². The fraction of sp³-hybridized carbons (Fsp3) is 0.318. The first kappa shape index (κ1) is 20.3. The summed E-state index contributed by atoms with van der Waals surface area (Å²) in [5.41, 5.74) is 0.685. The van der Waals surface area contributed by atoms with Crippen LogP contribution in [0.3, 0.4) is 0 Å². The van der Waals surface area contributed by atoms with Crippen molar-refractivity contribution in [3.63, 3.8) is 0 Å². The highest BCUT2D eigenvalue weighted by Crippen LogP contribution is 2.30. The van der Waals surface area contributed by atoms with Gasteiger partial charge in [-0.3, -0.25) is 14.2 Å². The minimum atomic E-state index is -4.49. The zero-order valence-corrected chi connectivity index (χ0v) is 17.0. The van der Waals surface area contributed by atoms with E-state index in [-0.39, 0.29) is 23.6 Å². The maximum atomic E-state index is 13.0. The molecular formula is C22H21F3N6O. The van der Waals surface area contributed by atoms with Crippen LogP contribution in [-0.4, -0.2) is 37.3 Å². The van der Waals surface area contributed by atoms with E-state index in [0.717, 1.165) is 42.8 Å². The molecule has 0 unspecified atom stereocenters. The van der Waals surface area contributed by atoms with Gasteiger partial charge in [0.15, 0.2) is 5.69 Å². The molecule has 5 rings (SSSR count). The minimum absolute atomic E-state index is 0.0376. The maximum Gasteiger partial charge on any atom is 0.434 e. The van der Waals surface area contributed by atoms with E-state index in [0.29, 0.717) is 11.4 Å². The summed E-state index contributed by atoms with van der Waals surface area (Å²) in [7, 11) is 0. The van der Waals surface area contributed by atoms with E-state index >= 15 is 0 Å². The Morgan fingerprint density at radius 1 is 1.09 bits per heavy atom. The largest absolute Gasteiger partial charge is 0.434 e. The van der Waals surface area contributed by atoms with Crippen LogP contribution in [0.4, 0.5) is 19.0 Å². The van der Waals surface area contributed by atoms with Gasteiger partial charge in [-0.15, -0.1) is 0 Å². The van der Waals surface area contributed by atoms with Crippen LogP contribution in [0.1, 0.15) is 41.7 Å². The Kier molecular flexibility index (Phi) is 4.99. The Hall–Kier alpha value is -3.56. The summed E-state index contributed by atoms with van der Waals surface area (Å²) >= 11 is 0. The number of H-pyrrole nitrogens is 1. The van der Waals surface area contributed by atoms with Crippen LogP contribution in [0.25, 0.3) is 16.6 Å². The standard InChI is InChI=1S/C22H21F3N6O/c23-22(24,25)18-12-31-19(2-1-3-20(31)30-18)28-13-4-6-14(7-5-13)29-21(32)16-10-26-11-17-15(16)8-9-27-17/h1-3,8-14,27-28H,4-7H2,(H,29,32). The van der Waals surface area contributed by atoms with E-state index < -0.39 is 11.9 Å². The van der Waals surface area contributed by atoms with Gasteiger partial charge >= 0.3 is 6.18 Å². The summed E-state index contributed by atoms with van der Waals surface area (Å²) in [6.45, 7) is 0. The normalized spacial score (nSPS) is 19.3. The topological polar surface area (TPSA) is 87.1 Å². The molecule has 1 amide bonds. The van der Waals surface area contributed by atoms with Gasteiger partial charge in [-0.25, -0.2) is 4.98 Å². The third kappa shape index (κ3) is 3.88. The van der Waals surface area contributed by atoms with Crippen LogP contribution in [0, 0.1) is 0 Å². The number of halogens is 3. The minimum Gasteiger partial charge on any atom is -0.368 e. The van der Waals surface area contributed by atoms with Crippen LogP contribution in [-0.2, 0) is 6.18 Å². The lowest BCUT2D eigenvalue weighted by Gasteiger charge is -2.30. The molecule has 0 spiro atoms. The summed E-state index contributed by atoms with van der Waals surface area (Å²) in [5, 5.41) is 7.27. The van der Waals surface area contributed by atoms with Gasteiger partial charge < -0.3 is 15.6 Å². The van der Waals surface area contributed by atoms with Crippen LogP contribution in [0.5, 0.6) is 0 Å².